The Labute approximate surface area is 156 Å². The zero-order chi connectivity index (χ0) is 19.0. The molecule has 1 aliphatic rings. The maximum atomic E-state index is 12.8. The smallest absolute Gasteiger partial charge is 0.256 e. The molecule has 0 spiro atoms. The largest absolute Gasteiger partial charge is 0.497 e. The first kappa shape index (κ1) is 17.0. The molecular weight excluding hydrogens is 342 g/mol. The Morgan fingerprint density at radius 1 is 1.11 bits per heavy atom. The van der Waals surface area contributed by atoms with Gasteiger partial charge in [0.25, 0.3) is 5.91 Å². The normalized spacial score (nSPS) is 12.7. The van der Waals surface area contributed by atoms with Crippen molar-refractivity contribution in [3.05, 3.63) is 65.1 Å². The van der Waals surface area contributed by atoms with Gasteiger partial charge < -0.3 is 15.4 Å². The number of hydrogen-bond donors (Lipinski definition) is 1. The zero-order valence-corrected chi connectivity index (χ0v) is 15.1. The summed E-state index contributed by atoms with van der Waals surface area (Å²) in [4.78, 5) is 27.5. The summed E-state index contributed by atoms with van der Waals surface area (Å²) in [7, 11) is 1.62. The van der Waals surface area contributed by atoms with Crippen LogP contribution in [0.5, 0.6) is 5.75 Å². The van der Waals surface area contributed by atoms with Gasteiger partial charge in [-0.1, -0.05) is 0 Å². The Balaban J connectivity index is 1.67. The molecule has 7 nitrogen and oxygen atoms in total. The van der Waals surface area contributed by atoms with Crippen molar-refractivity contribution in [3.8, 4) is 17.0 Å². The van der Waals surface area contributed by atoms with Crippen LogP contribution in [0.2, 0.25) is 0 Å². The van der Waals surface area contributed by atoms with Gasteiger partial charge in [0.1, 0.15) is 5.75 Å². The lowest BCUT2D eigenvalue weighted by atomic mass is 10.1. The van der Waals surface area contributed by atoms with Gasteiger partial charge >= 0.3 is 0 Å². The molecular formula is C20H19N5O2. The molecule has 0 unspecified atom stereocenters. The van der Waals surface area contributed by atoms with E-state index in [0.717, 1.165) is 34.0 Å². The number of aromatic nitrogens is 3. The van der Waals surface area contributed by atoms with Gasteiger partial charge in [-0.15, -0.1) is 0 Å². The van der Waals surface area contributed by atoms with Crippen LogP contribution >= 0.6 is 0 Å². The maximum absolute atomic E-state index is 12.8. The van der Waals surface area contributed by atoms with Crippen LogP contribution in [0.4, 0.5) is 5.95 Å². The highest BCUT2D eigenvalue weighted by Gasteiger charge is 2.29. The SMILES string of the molecule is COc1ccc(-c2nc(N)nc3c2CN(C(=O)c2ccc(C)nc2)C3)cc1. The van der Waals surface area contributed by atoms with E-state index in [0.29, 0.717) is 18.7 Å². The van der Waals surface area contributed by atoms with Crippen molar-refractivity contribution >= 4 is 11.9 Å². The van der Waals surface area contributed by atoms with Crippen molar-refractivity contribution in [2.75, 3.05) is 12.8 Å². The van der Waals surface area contributed by atoms with Gasteiger partial charge in [0.05, 0.1) is 37.2 Å². The molecule has 0 bridgehead atoms. The van der Waals surface area contributed by atoms with Crippen molar-refractivity contribution in [1.29, 1.82) is 0 Å². The van der Waals surface area contributed by atoms with Crippen molar-refractivity contribution in [3.63, 3.8) is 0 Å². The Bertz CT molecular complexity index is 1000. The summed E-state index contributed by atoms with van der Waals surface area (Å²) in [5.41, 5.74) is 10.7. The van der Waals surface area contributed by atoms with Crippen LogP contribution in [0.1, 0.15) is 27.3 Å². The number of carbonyl (C=O) groups excluding carboxylic acids is 1. The van der Waals surface area contributed by atoms with Crippen LogP contribution < -0.4 is 10.5 Å². The fourth-order valence-electron chi connectivity index (χ4n) is 3.18. The number of fused-ring (bicyclic) bond motifs is 1. The number of nitrogen functional groups attached to an aromatic ring is 1. The average Bonchev–Trinajstić information content (AvgIpc) is 3.11. The van der Waals surface area contributed by atoms with Crippen molar-refractivity contribution in [2.45, 2.75) is 20.0 Å². The number of pyridine rings is 1. The minimum atomic E-state index is -0.0836. The molecule has 3 aromatic rings. The van der Waals surface area contributed by atoms with E-state index in [1.807, 2.05) is 37.3 Å². The highest BCUT2D eigenvalue weighted by atomic mass is 16.5. The molecule has 0 saturated carbocycles. The van der Waals surface area contributed by atoms with E-state index in [-0.39, 0.29) is 11.9 Å². The predicted octanol–water partition coefficient (Wildman–Crippen LogP) is 2.59. The Morgan fingerprint density at radius 2 is 1.89 bits per heavy atom. The lowest BCUT2D eigenvalue weighted by molar-refractivity contribution is 0.0750. The van der Waals surface area contributed by atoms with E-state index in [1.165, 1.54) is 0 Å². The standard InChI is InChI=1S/C20H19N5O2/c1-12-3-4-14(9-22-12)19(26)25-10-16-17(11-25)23-20(21)24-18(16)13-5-7-15(27-2)8-6-13/h3-9H,10-11H2,1-2H3,(H2,21,23,24). The summed E-state index contributed by atoms with van der Waals surface area (Å²) in [6, 6.07) is 11.2. The summed E-state index contributed by atoms with van der Waals surface area (Å²) in [6.45, 7) is 2.72. The van der Waals surface area contributed by atoms with Gasteiger partial charge in [0, 0.05) is 23.0 Å². The van der Waals surface area contributed by atoms with Crippen LogP contribution in [0.3, 0.4) is 0 Å². The summed E-state index contributed by atoms with van der Waals surface area (Å²) in [5, 5.41) is 0. The van der Waals surface area contributed by atoms with E-state index in [9.17, 15) is 4.79 Å². The number of nitrogens with two attached hydrogens (primary N) is 1. The third-order valence-electron chi connectivity index (χ3n) is 4.61. The monoisotopic (exact) mass is 361 g/mol. The Morgan fingerprint density at radius 3 is 2.56 bits per heavy atom. The molecule has 2 N–H and O–H groups in total. The van der Waals surface area contributed by atoms with Crippen molar-refractivity contribution < 1.29 is 9.53 Å². The molecule has 2 aromatic heterocycles. The van der Waals surface area contributed by atoms with Gasteiger partial charge in [0.15, 0.2) is 0 Å². The van der Waals surface area contributed by atoms with Gasteiger partial charge in [-0.05, 0) is 43.3 Å². The van der Waals surface area contributed by atoms with Crippen LogP contribution in [0.15, 0.2) is 42.6 Å². The lowest BCUT2D eigenvalue weighted by Gasteiger charge is -2.15. The molecule has 0 fully saturated rings. The molecule has 0 atom stereocenters. The fourth-order valence-corrected chi connectivity index (χ4v) is 3.18. The van der Waals surface area contributed by atoms with Crippen LogP contribution in [-0.4, -0.2) is 32.9 Å². The molecule has 27 heavy (non-hydrogen) atoms. The molecule has 0 radical (unpaired) electrons. The maximum Gasteiger partial charge on any atom is 0.256 e. The highest BCUT2D eigenvalue weighted by molar-refractivity contribution is 5.94. The molecule has 1 amide bonds. The number of methoxy groups -OCH3 is 1. The highest BCUT2D eigenvalue weighted by Crippen LogP contribution is 2.32. The number of hydrogen-bond acceptors (Lipinski definition) is 6. The van der Waals surface area contributed by atoms with Gasteiger partial charge in [-0.25, -0.2) is 9.97 Å². The number of amides is 1. The predicted molar refractivity (Wildman–Crippen MR) is 101 cm³/mol. The first-order valence-electron chi connectivity index (χ1n) is 8.57. The first-order valence-corrected chi connectivity index (χ1v) is 8.57. The third-order valence-corrected chi connectivity index (χ3v) is 4.61. The lowest BCUT2D eigenvalue weighted by Crippen LogP contribution is -2.25. The second-order valence-electron chi connectivity index (χ2n) is 6.43. The quantitative estimate of drug-likeness (QED) is 0.770. The van der Waals surface area contributed by atoms with E-state index < -0.39 is 0 Å². The fraction of sp³-hybridized carbons (Fsp3) is 0.200. The topological polar surface area (TPSA) is 94.2 Å². The summed E-state index contributed by atoms with van der Waals surface area (Å²) in [5.74, 6) is 0.881. The zero-order valence-electron chi connectivity index (χ0n) is 15.1. The third kappa shape index (κ3) is 3.19. The summed E-state index contributed by atoms with van der Waals surface area (Å²) in [6.07, 6.45) is 1.60. The first-order chi connectivity index (χ1) is 13.0. The van der Waals surface area contributed by atoms with Crippen molar-refractivity contribution in [2.24, 2.45) is 0 Å². The Hall–Kier alpha value is -3.48. The number of rotatable bonds is 3. The van der Waals surface area contributed by atoms with Crippen LogP contribution in [0.25, 0.3) is 11.3 Å². The van der Waals surface area contributed by atoms with Gasteiger partial charge in [-0.2, -0.15) is 0 Å². The number of aryl methyl sites for hydroxylation is 1. The molecule has 7 heteroatoms. The van der Waals surface area contributed by atoms with Gasteiger partial charge in [0.2, 0.25) is 5.95 Å². The molecule has 3 heterocycles. The summed E-state index contributed by atoms with van der Waals surface area (Å²) < 4.78 is 5.21. The second-order valence-corrected chi connectivity index (χ2v) is 6.43. The molecule has 4 rings (SSSR count). The van der Waals surface area contributed by atoms with E-state index in [1.54, 1.807) is 24.3 Å². The molecule has 136 valence electrons. The molecule has 0 saturated heterocycles. The van der Waals surface area contributed by atoms with E-state index in [4.69, 9.17) is 10.5 Å². The number of anilines is 1. The van der Waals surface area contributed by atoms with Crippen molar-refractivity contribution in [1.82, 2.24) is 19.9 Å². The van der Waals surface area contributed by atoms with E-state index >= 15 is 0 Å². The van der Waals surface area contributed by atoms with Crippen LogP contribution in [0, 0.1) is 6.92 Å². The van der Waals surface area contributed by atoms with Crippen LogP contribution in [-0.2, 0) is 13.1 Å². The number of nitrogens with zero attached hydrogens (tertiary/aromatic N) is 4. The number of carbonyl (C=O) groups is 1. The molecule has 1 aromatic carbocycles. The second kappa shape index (κ2) is 6.68. The minimum absolute atomic E-state index is 0.0836. The van der Waals surface area contributed by atoms with E-state index in [2.05, 4.69) is 15.0 Å². The summed E-state index contributed by atoms with van der Waals surface area (Å²) >= 11 is 0. The number of benzene rings is 1. The Kier molecular flexibility index (Phi) is 4.19. The molecule has 1 aliphatic heterocycles. The van der Waals surface area contributed by atoms with Gasteiger partial charge in [-0.3, -0.25) is 9.78 Å². The number of ether oxygens (including phenoxy) is 1. The molecule has 0 aliphatic carbocycles. The average molecular weight is 361 g/mol. The minimum Gasteiger partial charge on any atom is -0.497 e.